The molecule has 0 aliphatic heterocycles. The summed E-state index contributed by atoms with van der Waals surface area (Å²) in [6, 6.07) is 0. The van der Waals surface area contributed by atoms with Crippen LogP contribution in [0, 0.1) is 5.92 Å². The molecule has 0 aromatic heterocycles. The fourth-order valence-electron chi connectivity index (χ4n) is 1.12. The summed E-state index contributed by atoms with van der Waals surface area (Å²) in [4.78, 5) is 22.8. The molecular formula is C12H22O5. The van der Waals surface area contributed by atoms with Gasteiger partial charge in [-0.2, -0.15) is 0 Å². The van der Waals surface area contributed by atoms with Gasteiger partial charge >= 0.3 is 11.9 Å². The van der Waals surface area contributed by atoms with Crippen molar-refractivity contribution in [2.24, 2.45) is 5.92 Å². The van der Waals surface area contributed by atoms with E-state index in [0.717, 1.165) is 0 Å². The van der Waals surface area contributed by atoms with E-state index in [1.54, 1.807) is 13.8 Å². The lowest BCUT2D eigenvalue weighted by molar-refractivity contribution is -0.168. The number of carbonyl (C=O) groups excluding carboxylic acids is 2. The highest BCUT2D eigenvalue weighted by molar-refractivity contribution is 5.79. The fourth-order valence-corrected chi connectivity index (χ4v) is 1.12. The minimum Gasteiger partial charge on any atom is -0.463 e. The summed E-state index contributed by atoms with van der Waals surface area (Å²) in [6.07, 6.45) is -0.264. The van der Waals surface area contributed by atoms with Crippen LogP contribution in [0.1, 0.15) is 34.1 Å². The zero-order valence-electron chi connectivity index (χ0n) is 11.0. The maximum Gasteiger partial charge on any atom is 0.347 e. The standard InChI is InChI=1S/C12H22O5/c1-5-15-8-7-9(3)11(13)17-10(4)12(14)16-6-2/h9-10H,5-8H2,1-4H3. The molecule has 0 amide bonds. The maximum absolute atomic E-state index is 11.6. The van der Waals surface area contributed by atoms with Gasteiger partial charge in [0.05, 0.1) is 12.5 Å². The molecule has 0 bridgehead atoms. The van der Waals surface area contributed by atoms with E-state index in [1.807, 2.05) is 6.92 Å². The molecule has 0 spiro atoms. The fraction of sp³-hybridized carbons (Fsp3) is 0.833. The summed E-state index contributed by atoms with van der Waals surface area (Å²) >= 11 is 0. The van der Waals surface area contributed by atoms with Crippen LogP contribution in [0.4, 0.5) is 0 Å². The summed E-state index contributed by atoms with van der Waals surface area (Å²) in [6.45, 7) is 8.27. The molecule has 0 radical (unpaired) electrons. The number of esters is 2. The second-order valence-electron chi connectivity index (χ2n) is 3.72. The van der Waals surface area contributed by atoms with Crippen molar-refractivity contribution in [2.75, 3.05) is 19.8 Å². The molecule has 0 aromatic rings. The van der Waals surface area contributed by atoms with Gasteiger partial charge in [-0.25, -0.2) is 4.79 Å². The Labute approximate surface area is 102 Å². The van der Waals surface area contributed by atoms with Crippen molar-refractivity contribution in [1.29, 1.82) is 0 Å². The van der Waals surface area contributed by atoms with Gasteiger partial charge in [-0.15, -0.1) is 0 Å². The Bertz CT molecular complexity index is 239. The van der Waals surface area contributed by atoms with Gasteiger partial charge in [0.2, 0.25) is 0 Å². The van der Waals surface area contributed by atoms with Crippen molar-refractivity contribution in [2.45, 2.75) is 40.2 Å². The quantitative estimate of drug-likeness (QED) is 0.480. The van der Waals surface area contributed by atoms with Crippen LogP contribution in [0.5, 0.6) is 0 Å². The molecule has 5 heteroatoms. The highest BCUT2D eigenvalue weighted by atomic mass is 16.6. The predicted molar refractivity (Wildman–Crippen MR) is 62.5 cm³/mol. The Morgan fingerprint density at radius 1 is 1.06 bits per heavy atom. The number of hydrogen-bond acceptors (Lipinski definition) is 5. The maximum atomic E-state index is 11.6. The van der Waals surface area contributed by atoms with Crippen LogP contribution >= 0.6 is 0 Å². The molecular weight excluding hydrogens is 224 g/mol. The van der Waals surface area contributed by atoms with E-state index in [4.69, 9.17) is 14.2 Å². The minimum absolute atomic E-state index is 0.278. The lowest BCUT2D eigenvalue weighted by Gasteiger charge is -2.15. The average molecular weight is 246 g/mol. The second kappa shape index (κ2) is 8.98. The first kappa shape index (κ1) is 15.9. The van der Waals surface area contributed by atoms with Gasteiger partial charge in [0.1, 0.15) is 0 Å². The molecule has 100 valence electrons. The normalized spacial score (nSPS) is 13.9. The first-order chi connectivity index (χ1) is 8.02. The van der Waals surface area contributed by atoms with Crippen LogP contribution in [-0.4, -0.2) is 37.9 Å². The van der Waals surface area contributed by atoms with E-state index in [1.165, 1.54) is 6.92 Å². The third-order valence-corrected chi connectivity index (χ3v) is 2.21. The smallest absolute Gasteiger partial charge is 0.347 e. The van der Waals surface area contributed by atoms with E-state index in [0.29, 0.717) is 19.6 Å². The van der Waals surface area contributed by atoms with Gasteiger partial charge in [0.15, 0.2) is 6.10 Å². The van der Waals surface area contributed by atoms with E-state index in [2.05, 4.69) is 0 Å². The van der Waals surface area contributed by atoms with Crippen molar-refractivity contribution in [1.82, 2.24) is 0 Å². The molecule has 0 aliphatic rings. The van der Waals surface area contributed by atoms with Crippen molar-refractivity contribution in [3.8, 4) is 0 Å². The first-order valence-electron chi connectivity index (χ1n) is 5.97. The van der Waals surface area contributed by atoms with Gasteiger partial charge in [-0.05, 0) is 27.2 Å². The van der Waals surface area contributed by atoms with E-state index < -0.39 is 18.0 Å². The Morgan fingerprint density at radius 3 is 2.24 bits per heavy atom. The molecule has 0 saturated heterocycles. The molecule has 0 aromatic carbocycles. The average Bonchev–Trinajstić information content (AvgIpc) is 2.29. The van der Waals surface area contributed by atoms with Crippen LogP contribution in [0.2, 0.25) is 0 Å². The molecule has 0 saturated carbocycles. The second-order valence-corrected chi connectivity index (χ2v) is 3.72. The predicted octanol–water partition coefficient (Wildman–Crippen LogP) is 1.54. The Morgan fingerprint density at radius 2 is 1.71 bits per heavy atom. The first-order valence-corrected chi connectivity index (χ1v) is 5.97. The summed E-state index contributed by atoms with van der Waals surface area (Å²) in [7, 11) is 0. The number of rotatable bonds is 8. The lowest BCUT2D eigenvalue weighted by Crippen LogP contribution is -2.29. The third kappa shape index (κ3) is 6.94. The summed E-state index contributed by atoms with van der Waals surface area (Å²) in [5.41, 5.74) is 0. The minimum atomic E-state index is -0.850. The molecule has 2 unspecified atom stereocenters. The molecule has 0 rings (SSSR count). The zero-order chi connectivity index (χ0) is 13.3. The number of carbonyl (C=O) groups is 2. The van der Waals surface area contributed by atoms with Crippen LogP contribution in [0.3, 0.4) is 0 Å². The molecule has 0 N–H and O–H groups in total. The summed E-state index contributed by atoms with van der Waals surface area (Å²) in [5.74, 6) is -1.19. The molecule has 0 heterocycles. The van der Waals surface area contributed by atoms with Crippen molar-refractivity contribution < 1.29 is 23.8 Å². The third-order valence-electron chi connectivity index (χ3n) is 2.21. The largest absolute Gasteiger partial charge is 0.463 e. The highest BCUT2D eigenvalue weighted by Gasteiger charge is 2.22. The molecule has 5 nitrogen and oxygen atoms in total. The number of hydrogen-bond donors (Lipinski definition) is 0. The van der Waals surface area contributed by atoms with Crippen LogP contribution in [-0.2, 0) is 23.8 Å². The van der Waals surface area contributed by atoms with Crippen molar-refractivity contribution in [3.63, 3.8) is 0 Å². The molecule has 2 atom stereocenters. The van der Waals surface area contributed by atoms with Gasteiger partial charge in [0.25, 0.3) is 0 Å². The van der Waals surface area contributed by atoms with Gasteiger partial charge in [-0.1, -0.05) is 6.92 Å². The lowest BCUT2D eigenvalue weighted by atomic mass is 10.1. The van der Waals surface area contributed by atoms with Crippen LogP contribution in [0.15, 0.2) is 0 Å². The van der Waals surface area contributed by atoms with Crippen LogP contribution in [0.25, 0.3) is 0 Å². The van der Waals surface area contributed by atoms with E-state index in [9.17, 15) is 9.59 Å². The van der Waals surface area contributed by atoms with Gasteiger partial charge < -0.3 is 14.2 Å². The SMILES string of the molecule is CCOCCC(C)C(=O)OC(C)C(=O)OCC. The van der Waals surface area contributed by atoms with Gasteiger partial charge in [0, 0.05) is 13.2 Å². The van der Waals surface area contributed by atoms with E-state index in [-0.39, 0.29) is 12.5 Å². The van der Waals surface area contributed by atoms with E-state index >= 15 is 0 Å². The van der Waals surface area contributed by atoms with Gasteiger partial charge in [-0.3, -0.25) is 4.79 Å². The summed E-state index contributed by atoms with van der Waals surface area (Å²) < 4.78 is 14.9. The Hall–Kier alpha value is -1.10. The zero-order valence-corrected chi connectivity index (χ0v) is 11.0. The molecule has 0 fully saturated rings. The van der Waals surface area contributed by atoms with Crippen molar-refractivity contribution >= 4 is 11.9 Å². The monoisotopic (exact) mass is 246 g/mol. The topological polar surface area (TPSA) is 61.8 Å². The van der Waals surface area contributed by atoms with Crippen molar-refractivity contribution in [3.05, 3.63) is 0 Å². The molecule has 0 aliphatic carbocycles. The van der Waals surface area contributed by atoms with Crippen LogP contribution < -0.4 is 0 Å². The number of ether oxygens (including phenoxy) is 3. The highest BCUT2D eigenvalue weighted by Crippen LogP contribution is 2.07. The molecule has 17 heavy (non-hydrogen) atoms. The summed E-state index contributed by atoms with van der Waals surface area (Å²) in [5, 5.41) is 0. The Balaban J connectivity index is 3.93. The Kier molecular flexibility index (Phi) is 8.40.